The van der Waals surface area contributed by atoms with Crippen LogP contribution in [0.2, 0.25) is 0 Å². The summed E-state index contributed by atoms with van der Waals surface area (Å²) in [5.74, 6) is -0.166. The summed E-state index contributed by atoms with van der Waals surface area (Å²) in [7, 11) is 2.01. The van der Waals surface area contributed by atoms with Crippen molar-refractivity contribution in [1.29, 1.82) is 0 Å². The first-order valence-corrected chi connectivity index (χ1v) is 6.82. The first kappa shape index (κ1) is 14.4. The molecule has 0 saturated carbocycles. The quantitative estimate of drug-likeness (QED) is 0.909. The van der Waals surface area contributed by atoms with Crippen LogP contribution in [0.1, 0.15) is 31.9 Å². The molecule has 0 bridgehead atoms. The van der Waals surface area contributed by atoms with Gasteiger partial charge in [-0.05, 0) is 33.4 Å². The second kappa shape index (κ2) is 5.57. The SMILES string of the molecule is CC(c1ccccc1F)N(C)C1(CN)CCOC1C. The smallest absolute Gasteiger partial charge is 0.127 e. The van der Waals surface area contributed by atoms with E-state index in [1.165, 1.54) is 6.07 Å². The van der Waals surface area contributed by atoms with Crippen molar-refractivity contribution in [3.8, 4) is 0 Å². The normalized spacial score (nSPS) is 28.8. The Balaban J connectivity index is 2.28. The number of rotatable bonds is 4. The average molecular weight is 266 g/mol. The maximum absolute atomic E-state index is 13.9. The summed E-state index contributed by atoms with van der Waals surface area (Å²) >= 11 is 0. The molecule has 0 aromatic heterocycles. The monoisotopic (exact) mass is 266 g/mol. The molecule has 1 heterocycles. The van der Waals surface area contributed by atoms with E-state index in [2.05, 4.69) is 4.90 Å². The Morgan fingerprint density at radius 1 is 1.53 bits per heavy atom. The Morgan fingerprint density at radius 2 is 2.21 bits per heavy atom. The number of benzene rings is 1. The van der Waals surface area contributed by atoms with E-state index in [0.29, 0.717) is 18.7 Å². The van der Waals surface area contributed by atoms with Crippen molar-refractivity contribution >= 4 is 0 Å². The number of ether oxygens (including phenoxy) is 1. The summed E-state index contributed by atoms with van der Waals surface area (Å²) in [4.78, 5) is 2.17. The minimum atomic E-state index is -0.207. The Hall–Kier alpha value is -0.970. The van der Waals surface area contributed by atoms with Gasteiger partial charge in [-0.2, -0.15) is 0 Å². The van der Waals surface area contributed by atoms with E-state index in [9.17, 15) is 4.39 Å². The Morgan fingerprint density at radius 3 is 2.74 bits per heavy atom. The van der Waals surface area contributed by atoms with Gasteiger partial charge in [0, 0.05) is 24.8 Å². The van der Waals surface area contributed by atoms with Crippen LogP contribution in [0.3, 0.4) is 0 Å². The van der Waals surface area contributed by atoms with Crippen LogP contribution in [-0.4, -0.2) is 36.7 Å². The highest BCUT2D eigenvalue weighted by Gasteiger charge is 2.45. The zero-order valence-electron chi connectivity index (χ0n) is 11.9. The predicted octanol–water partition coefficient (Wildman–Crippen LogP) is 2.32. The van der Waals surface area contributed by atoms with E-state index < -0.39 is 0 Å². The fraction of sp³-hybridized carbons (Fsp3) is 0.600. The van der Waals surface area contributed by atoms with Gasteiger partial charge in [0.1, 0.15) is 5.82 Å². The number of halogens is 1. The van der Waals surface area contributed by atoms with Crippen LogP contribution in [0.4, 0.5) is 4.39 Å². The summed E-state index contributed by atoms with van der Waals surface area (Å²) in [5, 5.41) is 0. The molecule has 1 saturated heterocycles. The molecule has 1 aromatic carbocycles. The van der Waals surface area contributed by atoms with Crippen LogP contribution in [0.15, 0.2) is 24.3 Å². The minimum Gasteiger partial charge on any atom is -0.376 e. The summed E-state index contributed by atoms with van der Waals surface area (Å²) in [6.45, 7) is 5.29. The lowest BCUT2D eigenvalue weighted by Crippen LogP contribution is -2.57. The molecule has 1 aliphatic heterocycles. The molecule has 2 N–H and O–H groups in total. The Kier molecular flexibility index (Phi) is 4.23. The van der Waals surface area contributed by atoms with Crippen molar-refractivity contribution in [2.45, 2.75) is 38.0 Å². The average Bonchev–Trinajstić information content (AvgIpc) is 2.80. The van der Waals surface area contributed by atoms with Gasteiger partial charge in [0.15, 0.2) is 0 Å². The van der Waals surface area contributed by atoms with Crippen LogP contribution >= 0.6 is 0 Å². The summed E-state index contributed by atoms with van der Waals surface area (Å²) in [6.07, 6.45) is 0.955. The van der Waals surface area contributed by atoms with Gasteiger partial charge >= 0.3 is 0 Å². The van der Waals surface area contributed by atoms with E-state index in [1.807, 2.05) is 33.0 Å². The predicted molar refractivity (Wildman–Crippen MR) is 74.4 cm³/mol. The van der Waals surface area contributed by atoms with Crippen molar-refractivity contribution in [2.75, 3.05) is 20.2 Å². The first-order valence-electron chi connectivity index (χ1n) is 6.82. The molecule has 19 heavy (non-hydrogen) atoms. The maximum atomic E-state index is 13.9. The van der Waals surface area contributed by atoms with Crippen molar-refractivity contribution in [1.82, 2.24) is 4.90 Å². The molecule has 0 amide bonds. The second-order valence-corrected chi connectivity index (χ2v) is 5.38. The third kappa shape index (κ3) is 2.40. The summed E-state index contributed by atoms with van der Waals surface area (Å²) < 4.78 is 19.6. The van der Waals surface area contributed by atoms with Crippen LogP contribution in [0, 0.1) is 5.82 Å². The molecule has 1 aromatic rings. The van der Waals surface area contributed by atoms with Gasteiger partial charge in [-0.3, -0.25) is 4.90 Å². The molecule has 1 aliphatic rings. The molecule has 4 heteroatoms. The van der Waals surface area contributed by atoms with E-state index in [-0.39, 0.29) is 23.5 Å². The standard InChI is InChI=1S/C15H23FN2O/c1-11(13-6-4-5-7-14(13)16)18(3)15(10-17)8-9-19-12(15)2/h4-7,11-12H,8-10,17H2,1-3H3. The third-order valence-electron chi connectivity index (χ3n) is 4.65. The zero-order chi connectivity index (χ0) is 14.0. The molecular weight excluding hydrogens is 243 g/mol. The molecule has 3 atom stereocenters. The van der Waals surface area contributed by atoms with Gasteiger partial charge in [-0.25, -0.2) is 4.39 Å². The minimum absolute atomic E-state index is 0.0334. The van der Waals surface area contributed by atoms with Crippen molar-refractivity contribution in [3.63, 3.8) is 0 Å². The van der Waals surface area contributed by atoms with Crippen molar-refractivity contribution in [2.24, 2.45) is 5.73 Å². The number of hydrogen-bond donors (Lipinski definition) is 1. The Bertz CT molecular complexity index is 440. The highest BCUT2D eigenvalue weighted by Crippen LogP contribution is 2.36. The van der Waals surface area contributed by atoms with E-state index in [0.717, 1.165) is 6.42 Å². The molecular formula is C15H23FN2O. The molecule has 2 rings (SSSR count). The van der Waals surface area contributed by atoms with Crippen LogP contribution in [0.25, 0.3) is 0 Å². The lowest BCUT2D eigenvalue weighted by molar-refractivity contribution is 0.00868. The number of likely N-dealkylation sites (N-methyl/N-ethyl adjacent to an activating group) is 1. The topological polar surface area (TPSA) is 38.5 Å². The summed E-state index contributed by atoms with van der Waals surface area (Å²) in [5.41, 5.74) is 6.50. The number of nitrogens with zero attached hydrogens (tertiary/aromatic N) is 1. The fourth-order valence-electron chi connectivity index (χ4n) is 3.05. The van der Waals surface area contributed by atoms with Crippen molar-refractivity contribution < 1.29 is 9.13 Å². The van der Waals surface area contributed by atoms with E-state index in [1.54, 1.807) is 6.07 Å². The number of nitrogens with two attached hydrogens (primary N) is 1. The van der Waals surface area contributed by atoms with Crippen LogP contribution in [0.5, 0.6) is 0 Å². The molecule has 1 fully saturated rings. The lowest BCUT2D eigenvalue weighted by Gasteiger charge is -2.43. The van der Waals surface area contributed by atoms with Gasteiger partial charge in [-0.15, -0.1) is 0 Å². The largest absolute Gasteiger partial charge is 0.376 e. The van der Waals surface area contributed by atoms with Crippen LogP contribution in [-0.2, 0) is 4.74 Å². The number of hydrogen-bond acceptors (Lipinski definition) is 3. The highest BCUT2D eigenvalue weighted by atomic mass is 19.1. The van der Waals surface area contributed by atoms with E-state index >= 15 is 0 Å². The van der Waals surface area contributed by atoms with Crippen LogP contribution < -0.4 is 5.73 Å². The highest BCUT2D eigenvalue weighted by molar-refractivity contribution is 5.21. The molecule has 3 unspecified atom stereocenters. The lowest BCUT2D eigenvalue weighted by atomic mass is 9.88. The molecule has 0 aliphatic carbocycles. The first-order chi connectivity index (χ1) is 9.03. The fourth-order valence-corrected chi connectivity index (χ4v) is 3.05. The van der Waals surface area contributed by atoms with Crippen molar-refractivity contribution in [3.05, 3.63) is 35.6 Å². The Labute approximate surface area is 114 Å². The second-order valence-electron chi connectivity index (χ2n) is 5.38. The third-order valence-corrected chi connectivity index (χ3v) is 4.65. The molecule has 0 radical (unpaired) electrons. The van der Waals surface area contributed by atoms with Gasteiger partial charge in [-0.1, -0.05) is 18.2 Å². The maximum Gasteiger partial charge on any atom is 0.127 e. The zero-order valence-corrected chi connectivity index (χ0v) is 11.9. The summed E-state index contributed by atoms with van der Waals surface area (Å²) in [6, 6.07) is 6.89. The molecule has 0 spiro atoms. The molecule has 3 nitrogen and oxygen atoms in total. The van der Waals surface area contributed by atoms with E-state index in [4.69, 9.17) is 10.5 Å². The van der Waals surface area contributed by atoms with Gasteiger partial charge in [0.05, 0.1) is 11.6 Å². The van der Waals surface area contributed by atoms with Gasteiger partial charge in [0.2, 0.25) is 0 Å². The molecule has 106 valence electrons. The van der Waals surface area contributed by atoms with Gasteiger partial charge in [0.25, 0.3) is 0 Å². The van der Waals surface area contributed by atoms with Gasteiger partial charge < -0.3 is 10.5 Å².